The van der Waals surface area contributed by atoms with Crippen molar-refractivity contribution in [2.75, 3.05) is 18.4 Å². The lowest BCUT2D eigenvalue weighted by Gasteiger charge is -2.15. The summed E-state index contributed by atoms with van der Waals surface area (Å²) in [5.74, 6) is -0.187. The second-order valence-electron chi connectivity index (χ2n) is 6.23. The van der Waals surface area contributed by atoms with Crippen molar-refractivity contribution in [3.05, 3.63) is 29.3 Å². The Bertz CT molecular complexity index is 649. The van der Waals surface area contributed by atoms with E-state index in [1.165, 1.54) is 11.8 Å². The highest BCUT2D eigenvalue weighted by Gasteiger charge is 2.38. The number of nitrogens with one attached hydrogen (secondary N) is 1. The summed E-state index contributed by atoms with van der Waals surface area (Å²) in [7, 11) is 0. The molecule has 1 aliphatic heterocycles. The topological polar surface area (TPSA) is 61.8 Å². The van der Waals surface area contributed by atoms with Gasteiger partial charge in [0.15, 0.2) is 5.17 Å². The van der Waals surface area contributed by atoms with Gasteiger partial charge in [-0.15, -0.1) is 0 Å². The Hall–Kier alpha value is -1.53. The summed E-state index contributed by atoms with van der Waals surface area (Å²) in [5, 5.41) is 3.80. The average Bonchev–Trinajstić information content (AvgIpc) is 2.90. The van der Waals surface area contributed by atoms with Crippen LogP contribution in [0.1, 0.15) is 46.0 Å². The van der Waals surface area contributed by atoms with Gasteiger partial charge in [-0.2, -0.15) is 0 Å². The van der Waals surface area contributed by atoms with E-state index in [4.69, 9.17) is 11.6 Å². The first-order chi connectivity index (χ1) is 12.5. The van der Waals surface area contributed by atoms with Crippen molar-refractivity contribution in [2.24, 2.45) is 4.99 Å². The highest BCUT2D eigenvalue weighted by Crippen LogP contribution is 2.30. The van der Waals surface area contributed by atoms with E-state index in [2.05, 4.69) is 24.2 Å². The SMILES string of the molecule is CCCCN=C1S[C@H](CC(=O)Nc2ccc(Cl)cc2)C(=O)N1CCCC. The van der Waals surface area contributed by atoms with Crippen molar-refractivity contribution in [3.63, 3.8) is 0 Å². The summed E-state index contributed by atoms with van der Waals surface area (Å²) in [6.45, 7) is 5.60. The second-order valence-corrected chi connectivity index (χ2v) is 7.83. The van der Waals surface area contributed by atoms with Gasteiger partial charge >= 0.3 is 0 Å². The van der Waals surface area contributed by atoms with Crippen LogP contribution in [0.25, 0.3) is 0 Å². The summed E-state index contributed by atoms with van der Waals surface area (Å²) in [5.41, 5.74) is 0.675. The maximum absolute atomic E-state index is 12.7. The van der Waals surface area contributed by atoms with Crippen LogP contribution in [0.15, 0.2) is 29.3 Å². The molecule has 26 heavy (non-hydrogen) atoms. The molecule has 142 valence electrons. The molecule has 1 aromatic rings. The van der Waals surface area contributed by atoms with Crippen molar-refractivity contribution >= 4 is 46.0 Å². The number of unbranched alkanes of at least 4 members (excludes halogenated alkanes) is 2. The van der Waals surface area contributed by atoms with Crippen LogP contribution in [0.4, 0.5) is 5.69 Å². The summed E-state index contributed by atoms with van der Waals surface area (Å²) in [6, 6.07) is 6.93. The molecule has 0 bridgehead atoms. The van der Waals surface area contributed by atoms with Gasteiger partial charge < -0.3 is 5.32 Å². The Labute approximate surface area is 164 Å². The van der Waals surface area contributed by atoms with Crippen LogP contribution in [0.5, 0.6) is 0 Å². The van der Waals surface area contributed by atoms with Crippen molar-refractivity contribution in [1.29, 1.82) is 0 Å². The first-order valence-corrected chi connectivity index (χ1v) is 10.4. The predicted octanol–water partition coefficient (Wildman–Crippen LogP) is 4.57. The highest BCUT2D eigenvalue weighted by atomic mass is 35.5. The van der Waals surface area contributed by atoms with Gasteiger partial charge in [-0.3, -0.25) is 19.5 Å². The molecule has 1 N–H and O–H groups in total. The van der Waals surface area contributed by atoms with E-state index in [1.807, 2.05) is 0 Å². The quantitative estimate of drug-likeness (QED) is 0.623. The minimum atomic E-state index is -0.403. The lowest BCUT2D eigenvalue weighted by Crippen LogP contribution is -2.34. The maximum atomic E-state index is 12.7. The third-order valence-electron chi connectivity index (χ3n) is 4.01. The number of benzene rings is 1. The van der Waals surface area contributed by atoms with E-state index in [1.54, 1.807) is 29.2 Å². The zero-order chi connectivity index (χ0) is 18.9. The van der Waals surface area contributed by atoms with Crippen LogP contribution in [0, 0.1) is 0 Å². The molecule has 0 aliphatic carbocycles. The number of rotatable bonds is 9. The van der Waals surface area contributed by atoms with Crippen molar-refractivity contribution in [1.82, 2.24) is 4.90 Å². The first kappa shape index (κ1) is 20.8. The Balaban J connectivity index is 1.98. The van der Waals surface area contributed by atoms with Gasteiger partial charge in [-0.05, 0) is 37.1 Å². The third kappa shape index (κ3) is 6.02. The minimum absolute atomic E-state index is 0.00930. The van der Waals surface area contributed by atoms with Gasteiger partial charge in [-0.1, -0.05) is 50.1 Å². The van der Waals surface area contributed by atoms with E-state index in [9.17, 15) is 9.59 Å². The molecule has 7 heteroatoms. The molecule has 1 aliphatic rings. The number of carbonyl (C=O) groups excluding carboxylic acids is 2. The van der Waals surface area contributed by atoms with Crippen molar-refractivity contribution in [3.8, 4) is 0 Å². The molecule has 0 aromatic heterocycles. The van der Waals surface area contributed by atoms with Crippen LogP contribution in [-0.4, -0.2) is 40.2 Å². The summed E-state index contributed by atoms with van der Waals surface area (Å²) in [4.78, 5) is 31.4. The molecule has 1 aromatic carbocycles. The average molecular weight is 396 g/mol. The number of amides is 2. The van der Waals surface area contributed by atoms with Crippen LogP contribution in [0.2, 0.25) is 5.02 Å². The molecule has 5 nitrogen and oxygen atoms in total. The van der Waals surface area contributed by atoms with Gasteiger partial charge in [0.1, 0.15) is 5.25 Å². The van der Waals surface area contributed by atoms with Gasteiger partial charge in [-0.25, -0.2) is 0 Å². The molecule has 0 radical (unpaired) electrons. The van der Waals surface area contributed by atoms with Gasteiger partial charge in [0.05, 0.1) is 0 Å². The van der Waals surface area contributed by atoms with Gasteiger partial charge in [0.2, 0.25) is 11.8 Å². The molecule has 0 unspecified atom stereocenters. The highest BCUT2D eigenvalue weighted by molar-refractivity contribution is 8.15. The smallest absolute Gasteiger partial charge is 0.242 e. The Morgan fingerprint density at radius 1 is 1.23 bits per heavy atom. The van der Waals surface area contributed by atoms with Crippen molar-refractivity contribution in [2.45, 2.75) is 51.2 Å². The molecule has 0 spiro atoms. The number of hydrogen-bond donors (Lipinski definition) is 1. The number of nitrogens with zero attached hydrogens (tertiary/aromatic N) is 2. The molecule has 2 amide bonds. The number of aliphatic imine (C=N–C) groups is 1. The van der Waals surface area contributed by atoms with Crippen LogP contribution < -0.4 is 5.32 Å². The Morgan fingerprint density at radius 2 is 1.92 bits per heavy atom. The molecule has 1 saturated heterocycles. The third-order valence-corrected chi connectivity index (χ3v) is 5.48. The number of carbonyl (C=O) groups is 2. The van der Waals surface area contributed by atoms with E-state index in [0.717, 1.165) is 37.4 Å². The molecule has 1 atom stereocenters. The number of hydrogen-bond acceptors (Lipinski definition) is 4. The van der Waals surface area contributed by atoms with Crippen LogP contribution >= 0.6 is 23.4 Å². The molecule has 2 rings (SSSR count). The van der Waals surface area contributed by atoms with E-state index < -0.39 is 5.25 Å². The molecular weight excluding hydrogens is 370 g/mol. The number of anilines is 1. The Kier molecular flexibility index (Phi) is 8.45. The first-order valence-electron chi connectivity index (χ1n) is 9.13. The predicted molar refractivity (Wildman–Crippen MR) is 110 cm³/mol. The largest absolute Gasteiger partial charge is 0.326 e. The lowest BCUT2D eigenvalue weighted by molar-refractivity contribution is -0.128. The van der Waals surface area contributed by atoms with Gasteiger partial charge in [0.25, 0.3) is 0 Å². The van der Waals surface area contributed by atoms with Crippen molar-refractivity contribution < 1.29 is 9.59 Å². The maximum Gasteiger partial charge on any atom is 0.242 e. The Morgan fingerprint density at radius 3 is 2.58 bits per heavy atom. The van der Waals surface area contributed by atoms with E-state index in [-0.39, 0.29) is 18.2 Å². The second kappa shape index (κ2) is 10.6. The molecule has 1 fully saturated rings. The summed E-state index contributed by atoms with van der Waals surface area (Å²) < 4.78 is 0. The van der Waals surface area contributed by atoms with E-state index >= 15 is 0 Å². The number of amidine groups is 1. The molecular formula is C19H26ClN3O2S. The number of thioether (sulfide) groups is 1. The fraction of sp³-hybridized carbons (Fsp3) is 0.526. The fourth-order valence-electron chi connectivity index (χ4n) is 2.53. The monoisotopic (exact) mass is 395 g/mol. The van der Waals surface area contributed by atoms with E-state index in [0.29, 0.717) is 17.3 Å². The zero-order valence-corrected chi connectivity index (χ0v) is 16.9. The molecule has 1 heterocycles. The summed E-state index contributed by atoms with van der Waals surface area (Å²) in [6.07, 6.45) is 4.15. The fourth-order valence-corrected chi connectivity index (χ4v) is 3.85. The zero-order valence-electron chi connectivity index (χ0n) is 15.3. The molecule has 0 saturated carbocycles. The lowest BCUT2D eigenvalue weighted by atomic mass is 10.2. The van der Waals surface area contributed by atoms with Gasteiger partial charge in [0, 0.05) is 30.2 Å². The van der Waals surface area contributed by atoms with Crippen LogP contribution in [-0.2, 0) is 9.59 Å². The summed E-state index contributed by atoms with van der Waals surface area (Å²) >= 11 is 7.26. The van der Waals surface area contributed by atoms with Crippen LogP contribution in [0.3, 0.4) is 0 Å². The minimum Gasteiger partial charge on any atom is -0.326 e. The normalized spacial score (nSPS) is 18.6. The number of halogens is 1. The standard InChI is InChI=1S/C19H26ClN3O2S/c1-3-5-11-21-19-23(12-6-4-2)18(25)16(26-19)13-17(24)22-15-9-7-14(20)8-10-15/h7-10,16H,3-6,11-13H2,1-2H3,(H,22,24)/t16-/m1/s1.